The highest BCUT2D eigenvalue weighted by Crippen LogP contribution is 2.47. The minimum atomic E-state index is 0.0751. The van der Waals surface area contributed by atoms with E-state index < -0.39 is 0 Å². The Bertz CT molecular complexity index is 516. The van der Waals surface area contributed by atoms with E-state index in [1.165, 1.54) is 6.07 Å². The molecule has 3 rings (SSSR count). The molecule has 0 saturated heterocycles. The molecule has 1 aromatic heterocycles. The van der Waals surface area contributed by atoms with E-state index in [-0.39, 0.29) is 11.5 Å². The maximum atomic E-state index is 9.78. The normalized spacial score (nSPS) is 15.2. The maximum Gasteiger partial charge on any atom is 0.128 e. The minimum absolute atomic E-state index is 0.0751. The molecule has 0 spiro atoms. The summed E-state index contributed by atoms with van der Waals surface area (Å²) in [6, 6.07) is 3.25. The zero-order valence-electron chi connectivity index (χ0n) is 8.64. The highest BCUT2D eigenvalue weighted by molar-refractivity contribution is 5.69. The Morgan fingerprint density at radius 2 is 2.00 bits per heavy atom. The first-order valence-corrected chi connectivity index (χ1v) is 5.30. The maximum absolute atomic E-state index is 9.78. The van der Waals surface area contributed by atoms with Crippen LogP contribution in [0, 0.1) is 0 Å². The summed E-state index contributed by atoms with van der Waals surface area (Å²) in [5.74, 6) is 0.705. The van der Waals surface area contributed by atoms with Gasteiger partial charge in [0.1, 0.15) is 11.5 Å². The smallest absolute Gasteiger partial charge is 0.128 e. The van der Waals surface area contributed by atoms with E-state index in [0.717, 1.165) is 24.1 Å². The van der Waals surface area contributed by atoms with Crippen LogP contribution in [0.25, 0.3) is 11.3 Å². The molecule has 0 amide bonds. The molecule has 0 atom stereocenters. The van der Waals surface area contributed by atoms with E-state index >= 15 is 0 Å². The van der Waals surface area contributed by atoms with Gasteiger partial charge in [0, 0.05) is 11.6 Å². The quantitative estimate of drug-likeness (QED) is 0.721. The van der Waals surface area contributed by atoms with Gasteiger partial charge in [-0.3, -0.25) is 0 Å². The molecule has 1 fully saturated rings. The average molecular weight is 216 g/mol. The fraction of sp³-hybridized carbons (Fsp3) is 0.250. The molecule has 0 unspecified atom stereocenters. The van der Waals surface area contributed by atoms with Gasteiger partial charge in [0.2, 0.25) is 0 Å². The molecule has 4 heteroatoms. The monoisotopic (exact) mass is 216 g/mol. The number of phenolic OH excluding ortho intramolecular Hbond substituents is 2. The lowest BCUT2D eigenvalue weighted by atomic mass is 10.0. The van der Waals surface area contributed by atoms with Crippen molar-refractivity contribution in [2.24, 2.45) is 0 Å². The Hall–Kier alpha value is -1.97. The van der Waals surface area contributed by atoms with E-state index in [4.69, 9.17) is 0 Å². The molecule has 0 bridgehead atoms. The van der Waals surface area contributed by atoms with Crippen LogP contribution < -0.4 is 0 Å². The molecule has 1 aliphatic carbocycles. The van der Waals surface area contributed by atoms with Gasteiger partial charge in [0.25, 0.3) is 0 Å². The molecular formula is C12H12N2O2. The van der Waals surface area contributed by atoms with Gasteiger partial charge < -0.3 is 15.2 Å². The number of imidazole rings is 1. The van der Waals surface area contributed by atoms with Crippen molar-refractivity contribution in [3.63, 3.8) is 0 Å². The van der Waals surface area contributed by atoms with Crippen molar-refractivity contribution in [2.75, 3.05) is 0 Å². The van der Waals surface area contributed by atoms with Crippen molar-refractivity contribution in [3.8, 4) is 22.8 Å². The van der Waals surface area contributed by atoms with Gasteiger partial charge in [-0.15, -0.1) is 0 Å². The minimum Gasteiger partial charge on any atom is -0.508 e. The summed E-state index contributed by atoms with van der Waals surface area (Å²) in [4.78, 5) is 6.87. The fourth-order valence-electron chi connectivity index (χ4n) is 1.93. The Balaban J connectivity index is 2.14. The van der Waals surface area contributed by atoms with Crippen molar-refractivity contribution >= 4 is 0 Å². The largest absolute Gasteiger partial charge is 0.508 e. The van der Waals surface area contributed by atoms with Crippen LogP contribution in [-0.4, -0.2) is 20.2 Å². The Kier molecular flexibility index (Phi) is 1.89. The van der Waals surface area contributed by atoms with E-state index in [1.54, 1.807) is 12.5 Å². The van der Waals surface area contributed by atoms with Crippen molar-refractivity contribution in [1.29, 1.82) is 0 Å². The highest BCUT2D eigenvalue weighted by atomic mass is 16.3. The topological polar surface area (TPSA) is 69.1 Å². The summed E-state index contributed by atoms with van der Waals surface area (Å²) >= 11 is 0. The second-order valence-electron chi connectivity index (χ2n) is 4.17. The first kappa shape index (κ1) is 9.27. The second kappa shape index (κ2) is 3.27. The number of aromatic amines is 1. The SMILES string of the molecule is Oc1cc(O)c(C2CC2)cc1-c1cnc[nH]1. The molecular weight excluding hydrogens is 204 g/mol. The predicted molar refractivity (Wildman–Crippen MR) is 59.3 cm³/mol. The lowest BCUT2D eigenvalue weighted by Gasteiger charge is -2.08. The van der Waals surface area contributed by atoms with Crippen LogP contribution in [-0.2, 0) is 0 Å². The number of phenols is 2. The van der Waals surface area contributed by atoms with Crippen molar-refractivity contribution < 1.29 is 10.2 Å². The van der Waals surface area contributed by atoms with E-state index in [9.17, 15) is 10.2 Å². The van der Waals surface area contributed by atoms with Gasteiger partial charge in [0.05, 0.1) is 18.2 Å². The van der Waals surface area contributed by atoms with Crippen LogP contribution in [0.3, 0.4) is 0 Å². The standard InChI is InChI=1S/C12H12N2O2/c15-11-4-12(16)9(10-5-13-6-14-10)3-8(11)7-1-2-7/h3-7,15-16H,1-2H2,(H,13,14). The molecule has 0 radical (unpaired) electrons. The number of aromatic hydroxyl groups is 2. The molecule has 2 aromatic rings. The van der Waals surface area contributed by atoms with Crippen molar-refractivity contribution in [3.05, 3.63) is 30.2 Å². The fourth-order valence-corrected chi connectivity index (χ4v) is 1.93. The molecule has 16 heavy (non-hydrogen) atoms. The van der Waals surface area contributed by atoms with E-state index in [2.05, 4.69) is 9.97 Å². The molecule has 3 N–H and O–H groups in total. The Labute approximate surface area is 92.6 Å². The summed E-state index contributed by atoms with van der Waals surface area (Å²) < 4.78 is 0. The van der Waals surface area contributed by atoms with E-state index in [0.29, 0.717) is 11.5 Å². The number of nitrogens with zero attached hydrogens (tertiary/aromatic N) is 1. The Morgan fingerprint density at radius 1 is 1.19 bits per heavy atom. The van der Waals surface area contributed by atoms with Crippen LogP contribution in [0.4, 0.5) is 0 Å². The first-order chi connectivity index (χ1) is 7.75. The van der Waals surface area contributed by atoms with Crippen molar-refractivity contribution in [1.82, 2.24) is 9.97 Å². The van der Waals surface area contributed by atoms with Gasteiger partial charge in [-0.1, -0.05) is 0 Å². The van der Waals surface area contributed by atoms with Crippen LogP contribution in [0.1, 0.15) is 24.3 Å². The number of nitrogens with one attached hydrogen (secondary N) is 1. The molecule has 1 heterocycles. The number of hydrogen-bond acceptors (Lipinski definition) is 3. The van der Waals surface area contributed by atoms with Crippen molar-refractivity contribution in [2.45, 2.75) is 18.8 Å². The van der Waals surface area contributed by atoms with Crippen LogP contribution >= 0.6 is 0 Å². The van der Waals surface area contributed by atoms with Gasteiger partial charge >= 0.3 is 0 Å². The van der Waals surface area contributed by atoms with Crippen LogP contribution in [0.15, 0.2) is 24.7 Å². The summed E-state index contributed by atoms with van der Waals surface area (Å²) in [5.41, 5.74) is 2.37. The second-order valence-corrected chi connectivity index (χ2v) is 4.17. The lowest BCUT2D eigenvalue weighted by molar-refractivity contribution is 0.447. The summed E-state index contributed by atoms with van der Waals surface area (Å²) in [5, 5.41) is 19.5. The number of benzene rings is 1. The van der Waals surface area contributed by atoms with Crippen LogP contribution in [0.5, 0.6) is 11.5 Å². The first-order valence-electron chi connectivity index (χ1n) is 5.30. The zero-order chi connectivity index (χ0) is 11.1. The molecule has 1 aliphatic rings. The molecule has 0 aliphatic heterocycles. The highest BCUT2D eigenvalue weighted by Gasteiger charge is 2.27. The number of H-pyrrole nitrogens is 1. The molecule has 4 nitrogen and oxygen atoms in total. The number of aromatic nitrogens is 2. The van der Waals surface area contributed by atoms with E-state index in [1.807, 2.05) is 6.07 Å². The lowest BCUT2D eigenvalue weighted by Crippen LogP contribution is -1.85. The average Bonchev–Trinajstić information content (AvgIpc) is 2.94. The number of rotatable bonds is 2. The number of hydrogen-bond donors (Lipinski definition) is 3. The molecule has 1 aromatic carbocycles. The Morgan fingerprint density at radius 3 is 2.62 bits per heavy atom. The molecule has 1 saturated carbocycles. The zero-order valence-corrected chi connectivity index (χ0v) is 8.64. The van der Waals surface area contributed by atoms with Gasteiger partial charge in [-0.05, 0) is 30.4 Å². The summed E-state index contributed by atoms with van der Waals surface area (Å²) in [7, 11) is 0. The third kappa shape index (κ3) is 1.43. The third-order valence-corrected chi connectivity index (χ3v) is 2.95. The van der Waals surface area contributed by atoms with Gasteiger partial charge in [-0.25, -0.2) is 4.98 Å². The van der Waals surface area contributed by atoms with Gasteiger partial charge in [-0.2, -0.15) is 0 Å². The van der Waals surface area contributed by atoms with Gasteiger partial charge in [0.15, 0.2) is 0 Å². The summed E-state index contributed by atoms with van der Waals surface area (Å²) in [6.07, 6.45) is 5.45. The summed E-state index contributed by atoms with van der Waals surface area (Å²) in [6.45, 7) is 0. The third-order valence-electron chi connectivity index (χ3n) is 2.95. The predicted octanol–water partition coefficient (Wildman–Crippen LogP) is 2.37. The molecule has 82 valence electrons. The van der Waals surface area contributed by atoms with Crippen LogP contribution in [0.2, 0.25) is 0 Å².